The number of aromatic nitrogens is 2. The quantitative estimate of drug-likeness (QED) is 0.705. The third-order valence-electron chi connectivity index (χ3n) is 3.95. The fourth-order valence-corrected chi connectivity index (χ4v) is 2.39. The summed E-state index contributed by atoms with van der Waals surface area (Å²) in [5, 5.41) is 5.27. The van der Waals surface area contributed by atoms with Gasteiger partial charge >= 0.3 is 6.18 Å². The molecule has 0 aliphatic rings. The summed E-state index contributed by atoms with van der Waals surface area (Å²) in [4.78, 5) is 32.6. The van der Waals surface area contributed by atoms with Crippen molar-refractivity contribution in [3.05, 3.63) is 47.3 Å². The first-order chi connectivity index (χ1) is 13.9. The van der Waals surface area contributed by atoms with Crippen molar-refractivity contribution in [2.24, 2.45) is 5.92 Å². The number of rotatable bonds is 7. The lowest BCUT2D eigenvalue weighted by molar-refractivity contribution is -0.153. The van der Waals surface area contributed by atoms with Crippen LogP contribution in [-0.2, 0) is 4.79 Å². The Bertz CT molecular complexity index is 916. The molecule has 0 spiro atoms. The second-order valence-corrected chi connectivity index (χ2v) is 7.03. The number of nitrogens with zero attached hydrogens (tertiary/aromatic N) is 2. The highest BCUT2D eigenvalue weighted by atomic mass is 19.4. The number of hydrogen-bond donors (Lipinski definition) is 2. The lowest BCUT2D eigenvalue weighted by Crippen LogP contribution is -2.28. The largest absolute Gasteiger partial charge is 0.484 e. The van der Waals surface area contributed by atoms with Gasteiger partial charge in [0.1, 0.15) is 11.4 Å². The molecule has 0 aliphatic carbocycles. The summed E-state index contributed by atoms with van der Waals surface area (Å²) in [6, 6.07) is 6.96. The van der Waals surface area contributed by atoms with Crippen LogP contribution in [0.4, 0.5) is 19.1 Å². The summed E-state index contributed by atoms with van der Waals surface area (Å²) < 4.78 is 41.7. The Labute approximate surface area is 172 Å². The lowest BCUT2D eigenvalue weighted by Gasteiger charge is -2.16. The predicted molar refractivity (Wildman–Crippen MR) is 104 cm³/mol. The minimum absolute atomic E-state index is 0.0223. The number of nitrogens with one attached hydrogen (secondary N) is 2. The number of benzene rings is 1. The van der Waals surface area contributed by atoms with Crippen molar-refractivity contribution in [1.82, 2.24) is 15.3 Å². The number of ether oxygens (including phenoxy) is 1. The zero-order valence-electron chi connectivity index (χ0n) is 17.0. The van der Waals surface area contributed by atoms with Crippen LogP contribution in [0.5, 0.6) is 5.75 Å². The summed E-state index contributed by atoms with van der Waals surface area (Å²) >= 11 is 0. The Balaban J connectivity index is 2.10. The van der Waals surface area contributed by atoms with Crippen molar-refractivity contribution in [3.63, 3.8) is 0 Å². The van der Waals surface area contributed by atoms with E-state index in [1.165, 1.54) is 24.3 Å². The molecule has 30 heavy (non-hydrogen) atoms. The fraction of sp³-hybridized carbons (Fsp3) is 0.400. The minimum Gasteiger partial charge on any atom is -0.484 e. The van der Waals surface area contributed by atoms with E-state index in [1.807, 2.05) is 0 Å². The number of aryl methyl sites for hydroxylation is 1. The number of carbonyl (C=O) groups excluding carboxylic acids is 2. The molecule has 0 saturated carbocycles. The van der Waals surface area contributed by atoms with Crippen LogP contribution in [0.3, 0.4) is 0 Å². The number of alkyl halides is 3. The van der Waals surface area contributed by atoms with Gasteiger partial charge in [0.05, 0.1) is 6.04 Å². The smallest absolute Gasteiger partial charge is 0.422 e. The highest BCUT2D eigenvalue weighted by Crippen LogP contribution is 2.22. The van der Waals surface area contributed by atoms with Crippen molar-refractivity contribution in [3.8, 4) is 5.75 Å². The number of amides is 2. The molecule has 2 amide bonds. The molecule has 1 aromatic heterocycles. The Kier molecular flexibility index (Phi) is 7.36. The van der Waals surface area contributed by atoms with E-state index in [1.54, 1.807) is 33.8 Å². The molecule has 1 unspecified atom stereocenters. The molecule has 1 atom stereocenters. The number of anilines is 1. The maximum absolute atomic E-state index is 12.6. The number of halogens is 3. The van der Waals surface area contributed by atoms with Crippen molar-refractivity contribution in [1.29, 1.82) is 0 Å². The number of carbonyl (C=O) groups is 2. The Morgan fingerprint density at radius 3 is 2.47 bits per heavy atom. The van der Waals surface area contributed by atoms with Crippen LogP contribution in [-0.4, -0.2) is 34.6 Å². The third-order valence-corrected chi connectivity index (χ3v) is 3.95. The molecular weight excluding hydrogens is 401 g/mol. The molecule has 7 nitrogen and oxygen atoms in total. The Morgan fingerprint density at radius 1 is 1.13 bits per heavy atom. The summed E-state index contributed by atoms with van der Waals surface area (Å²) in [6.45, 7) is 5.37. The first kappa shape index (κ1) is 23.1. The van der Waals surface area contributed by atoms with E-state index in [-0.39, 0.29) is 29.2 Å². The van der Waals surface area contributed by atoms with Gasteiger partial charge in [-0.25, -0.2) is 9.97 Å². The fourth-order valence-electron chi connectivity index (χ4n) is 2.39. The summed E-state index contributed by atoms with van der Waals surface area (Å²) in [6.07, 6.45) is -4.44. The van der Waals surface area contributed by atoms with Crippen LogP contribution in [0.1, 0.15) is 48.6 Å². The van der Waals surface area contributed by atoms with Crippen LogP contribution < -0.4 is 15.4 Å². The molecule has 0 radical (unpaired) electrons. The monoisotopic (exact) mass is 424 g/mol. The molecule has 10 heteroatoms. The summed E-state index contributed by atoms with van der Waals surface area (Å²) in [5.74, 6) is -1.01. The molecule has 0 bridgehead atoms. The SMILES string of the molecule is Cc1cc(C(=O)NC(C)c2cccc(OCC(F)(F)F)c2)nc(NC(=O)C(C)C)n1. The standard InChI is InChI=1S/C20H23F3N4O3/c1-11(2)17(28)27-19-24-12(3)8-16(26-19)18(29)25-13(4)14-6-5-7-15(9-14)30-10-20(21,22)23/h5-9,11,13H,10H2,1-4H3,(H,25,29)(H,24,26,27,28). The van der Waals surface area contributed by atoms with Gasteiger partial charge in [0.25, 0.3) is 5.91 Å². The molecular formula is C20H23F3N4O3. The molecule has 0 aliphatic heterocycles. The molecule has 2 aromatic rings. The van der Waals surface area contributed by atoms with Crippen LogP contribution >= 0.6 is 0 Å². The Morgan fingerprint density at radius 2 is 1.83 bits per heavy atom. The van der Waals surface area contributed by atoms with E-state index in [4.69, 9.17) is 4.74 Å². The minimum atomic E-state index is -4.44. The van der Waals surface area contributed by atoms with Gasteiger partial charge in [0, 0.05) is 11.6 Å². The van der Waals surface area contributed by atoms with Gasteiger partial charge < -0.3 is 10.1 Å². The number of hydrogen-bond acceptors (Lipinski definition) is 5. The topological polar surface area (TPSA) is 93.2 Å². The second-order valence-electron chi connectivity index (χ2n) is 7.03. The molecule has 0 saturated heterocycles. The van der Waals surface area contributed by atoms with E-state index < -0.39 is 24.7 Å². The van der Waals surface area contributed by atoms with E-state index in [0.717, 1.165) is 0 Å². The van der Waals surface area contributed by atoms with Crippen LogP contribution in [0.15, 0.2) is 30.3 Å². The van der Waals surface area contributed by atoms with Gasteiger partial charge in [0.2, 0.25) is 11.9 Å². The third kappa shape index (κ3) is 7.02. The molecule has 2 N–H and O–H groups in total. The average Bonchev–Trinajstić information content (AvgIpc) is 2.65. The van der Waals surface area contributed by atoms with E-state index in [2.05, 4.69) is 20.6 Å². The zero-order valence-corrected chi connectivity index (χ0v) is 17.0. The van der Waals surface area contributed by atoms with Crippen molar-refractivity contribution < 1.29 is 27.5 Å². The highest BCUT2D eigenvalue weighted by molar-refractivity contribution is 5.94. The van der Waals surface area contributed by atoms with Crippen LogP contribution in [0, 0.1) is 12.8 Å². The van der Waals surface area contributed by atoms with Gasteiger partial charge in [-0.15, -0.1) is 0 Å². The van der Waals surface area contributed by atoms with Crippen molar-refractivity contribution in [2.45, 2.75) is 39.9 Å². The van der Waals surface area contributed by atoms with Gasteiger partial charge in [-0.05, 0) is 37.6 Å². The average molecular weight is 424 g/mol. The summed E-state index contributed by atoms with van der Waals surface area (Å²) in [7, 11) is 0. The molecule has 1 heterocycles. The highest BCUT2D eigenvalue weighted by Gasteiger charge is 2.28. The molecule has 2 rings (SSSR count). The predicted octanol–water partition coefficient (Wildman–Crippen LogP) is 3.81. The lowest BCUT2D eigenvalue weighted by atomic mass is 10.1. The first-order valence-corrected chi connectivity index (χ1v) is 9.21. The maximum atomic E-state index is 12.6. The zero-order chi connectivity index (χ0) is 22.5. The van der Waals surface area contributed by atoms with Gasteiger partial charge in [-0.3, -0.25) is 14.9 Å². The maximum Gasteiger partial charge on any atom is 0.422 e. The molecule has 0 fully saturated rings. The van der Waals surface area contributed by atoms with Crippen molar-refractivity contribution in [2.75, 3.05) is 11.9 Å². The van der Waals surface area contributed by atoms with E-state index in [9.17, 15) is 22.8 Å². The van der Waals surface area contributed by atoms with E-state index in [0.29, 0.717) is 11.3 Å². The van der Waals surface area contributed by atoms with Gasteiger partial charge in [0.15, 0.2) is 6.61 Å². The second kappa shape index (κ2) is 9.55. The van der Waals surface area contributed by atoms with Crippen LogP contribution in [0.25, 0.3) is 0 Å². The summed E-state index contributed by atoms with van der Waals surface area (Å²) in [5.41, 5.74) is 1.10. The van der Waals surface area contributed by atoms with Gasteiger partial charge in [-0.2, -0.15) is 13.2 Å². The first-order valence-electron chi connectivity index (χ1n) is 9.21. The van der Waals surface area contributed by atoms with Crippen molar-refractivity contribution >= 4 is 17.8 Å². The van der Waals surface area contributed by atoms with Gasteiger partial charge in [-0.1, -0.05) is 26.0 Å². The molecule has 1 aromatic carbocycles. The van der Waals surface area contributed by atoms with E-state index >= 15 is 0 Å². The van der Waals surface area contributed by atoms with Crippen LogP contribution in [0.2, 0.25) is 0 Å². The normalized spacial score (nSPS) is 12.4. The molecule has 162 valence electrons. The Hall–Kier alpha value is -3.17.